The van der Waals surface area contributed by atoms with Crippen molar-refractivity contribution in [1.29, 1.82) is 0 Å². The Balaban J connectivity index is 1.50. The van der Waals surface area contributed by atoms with Gasteiger partial charge in [0.15, 0.2) is 6.29 Å². The highest BCUT2D eigenvalue weighted by molar-refractivity contribution is 5.96. The number of hydrogen-bond donors (Lipinski definition) is 1. The monoisotopic (exact) mass is 398 g/mol. The third-order valence-electron chi connectivity index (χ3n) is 8.95. The molecule has 1 N–H and O–H groups in total. The summed E-state index contributed by atoms with van der Waals surface area (Å²) in [5, 5.41) is 11.8. The molecule has 1 saturated carbocycles. The molecule has 0 radical (unpaired) electrons. The minimum atomic E-state index is -0.903. The van der Waals surface area contributed by atoms with Crippen molar-refractivity contribution in [3.63, 3.8) is 0 Å². The second-order valence-corrected chi connectivity index (χ2v) is 9.73. The van der Waals surface area contributed by atoms with Gasteiger partial charge < -0.3 is 24.2 Å². The van der Waals surface area contributed by atoms with E-state index in [-0.39, 0.29) is 41.6 Å². The average molecular weight is 398 g/mol. The van der Waals surface area contributed by atoms with Gasteiger partial charge >= 0.3 is 0 Å². The first-order valence-electron chi connectivity index (χ1n) is 10.7. The van der Waals surface area contributed by atoms with Crippen LogP contribution in [0.1, 0.15) is 25.3 Å². The highest BCUT2D eigenvalue weighted by Gasteiger charge is 2.76. The maximum atomic E-state index is 13.0. The zero-order chi connectivity index (χ0) is 19.7. The molecule has 1 amide bonds. The smallest absolute Gasteiger partial charge is 0.224 e. The molecule has 1 spiro atoms. The predicted octanol–water partition coefficient (Wildman–Crippen LogP) is 0.878. The first-order chi connectivity index (χ1) is 14.0. The van der Waals surface area contributed by atoms with Gasteiger partial charge in [0.1, 0.15) is 17.5 Å². The Hall–Kier alpha value is -1.67. The average Bonchev–Trinajstić information content (AvgIpc) is 3.38. The molecule has 4 bridgehead atoms. The van der Waals surface area contributed by atoms with Crippen molar-refractivity contribution in [1.82, 2.24) is 4.90 Å². The normalized spacial score (nSPS) is 48.4. The Labute approximate surface area is 169 Å². The van der Waals surface area contributed by atoms with Crippen LogP contribution < -0.4 is 9.64 Å². The van der Waals surface area contributed by atoms with Crippen LogP contribution in [0.5, 0.6) is 5.75 Å². The summed E-state index contributed by atoms with van der Waals surface area (Å²) in [5.41, 5.74) is 1.16. The van der Waals surface area contributed by atoms with Crippen molar-refractivity contribution in [2.45, 2.75) is 55.3 Å². The number of anilines is 1. The number of aliphatic hydroxyl groups is 1. The van der Waals surface area contributed by atoms with Crippen LogP contribution in [0.25, 0.3) is 0 Å². The Bertz CT molecular complexity index is 938. The number of rotatable bonds is 1. The minimum Gasteiger partial charge on any atom is -0.497 e. The number of nitrogens with zero attached hydrogens (tertiary/aromatic N) is 2. The molecule has 1 aliphatic carbocycles. The summed E-state index contributed by atoms with van der Waals surface area (Å²) < 4.78 is 17.8. The molecule has 7 rings (SSSR count). The quantitative estimate of drug-likeness (QED) is 0.757. The van der Waals surface area contributed by atoms with Crippen LogP contribution in [0.15, 0.2) is 18.2 Å². The maximum Gasteiger partial charge on any atom is 0.224 e. The summed E-state index contributed by atoms with van der Waals surface area (Å²) in [5.74, 6) is 0.849. The topological polar surface area (TPSA) is 71.5 Å². The van der Waals surface area contributed by atoms with Crippen molar-refractivity contribution in [3.8, 4) is 5.75 Å². The molecule has 0 aromatic heterocycles. The number of fused-ring (bicyclic) bond motifs is 6. The van der Waals surface area contributed by atoms with E-state index in [0.717, 1.165) is 30.8 Å². The number of carbonyl (C=O) groups is 1. The van der Waals surface area contributed by atoms with E-state index in [1.807, 2.05) is 17.0 Å². The molecule has 5 heterocycles. The van der Waals surface area contributed by atoms with Gasteiger partial charge in [-0.05, 0) is 31.0 Å². The lowest BCUT2D eigenvalue weighted by molar-refractivity contribution is -0.268. The number of methoxy groups -OCH3 is 1. The molecule has 154 valence electrons. The summed E-state index contributed by atoms with van der Waals surface area (Å²) in [7, 11) is 1.66. The van der Waals surface area contributed by atoms with Crippen molar-refractivity contribution in [3.05, 3.63) is 23.8 Å². The fourth-order valence-corrected chi connectivity index (χ4v) is 8.00. The van der Waals surface area contributed by atoms with Crippen LogP contribution in [0.4, 0.5) is 5.69 Å². The fourth-order valence-electron chi connectivity index (χ4n) is 8.00. The summed E-state index contributed by atoms with van der Waals surface area (Å²) in [6.45, 7) is 3.67. The van der Waals surface area contributed by atoms with E-state index >= 15 is 0 Å². The number of piperidine rings is 1. The molecule has 7 nitrogen and oxygen atoms in total. The lowest BCUT2D eigenvalue weighted by atomic mass is 9.52. The Morgan fingerprint density at radius 3 is 3.03 bits per heavy atom. The fraction of sp³-hybridized carbons (Fsp3) is 0.682. The van der Waals surface area contributed by atoms with Crippen molar-refractivity contribution in [2.75, 3.05) is 31.7 Å². The van der Waals surface area contributed by atoms with E-state index in [1.54, 1.807) is 14.0 Å². The summed E-state index contributed by atoms with van der Waals surface area (Å²) in [6, 6.07) is 6.46. The highest BCUT2D eigenvalue weighted by atomic mass is 16.7. The van der Waals surface area contributed by atoms with Crippen LogP contribution in [-0.2, 0) is 19.7 Å². The van der Waals surface area contributed by atoms with Crippen LogP contribution in [-0.4, -0.2) is 72.8 Å². The number of hydrogen-bond acceptors (Lipinski definition) is 6. The van der Waals surface area contributed by atoms with Crippen LogP contribution >= 0.6 is 0 Å². The zero-order valence-electron chi connectivity index (χ0n) is 16.7. The molecule has 1 aromatic rings. The van der Waals surface area contributed by atoms with Gasteiger partial charge in [-0.15, -0.1) is 0 Å². The summed E-state index contributed by atoms with van der Waals surface area (Å²) in [4.78, 5) is 17.5. The molecule has 4 saturated heterocycles. The van der Waals surface area contributed by atoms with E-state index < -0.39 is 5.60 Å². The third kappa shape index (κ3) is 1.72. The maximum absolute atomic E-state index is 13.0. The molecule has 5 aliphatic heterocycles. The lowest BCUT2D eigenvalue weighted by Crippen LogP contribution is -2.76. The van der Waals surface area contributed by atoms with Crippen molar-refractivity contribution < 1.29 is 24.1 Å². The standard InChI is InChI=1S/C22H26N2O5/c1-11(25)24-15-7-12(27-2)3-4-13(15)21-5-6-23-10-22(26)14(8-16(21)23)18(19(21)24)20-28-9-17(22)29-20/h3-4,7,14,16-20,26H,5-6,8-10H2,1-2H3/t14-,16+,17+,18-,19+,20+,21-,22+/m1/s1. The van der Waals surface area contributed by atoms with E-state index in [4.69, 9.17) is 14.2 Å². The molecular formula is C22H26N2O5. The lowest BCUT2D eigenvalue weighted by Gasteiger charge is -2.63. The van der Waals surface area contributed by atoms with Gasteiger partial charge in [0, 0.05) is 42.8 Å². The second kappa shape index (κ2) is 5.14. The number of benzene rings is 1. The van der Waals surface area contributed by atoms with Gasteiger partial charge in [-0.3, -0.25) is 9.69 Å². The molecule has 0 unspecified atom stereocenters. The molecule has 29 heavy (non-hydrogen) atoms. The van der Waals surface area contributed by atoms with E-state index in [2.05, 4.69) is 11.0 Å². The number of amides is 1. The van der Waals surface area contributed by atoms with E-state index in [9.17, 15) is 9.90 Å². The summed E-state index contributed by atoms with van der Waals surface area (Å²) in [6.07, 6.45) is 1.31. The second-order valence-electron chi connectivity index (χ2n) is 9.73. The largest absolute Gasteiger partial charge is 0.497 e. The summed E-state index contributed by atoms with van der Waals surface area (Å²) >= 11 is 0. The van der Waals surface area contributed by atoms with Gasteiger partial charge in [0.2, 0.25) is 5.91 Å². The van der Waals surface area contributed by atoms with Gasteiger partial charge in [-0.2, -0.15) is 0 Å². The van der Waals surface area contributed by atoms with Gasteiger partial charge in [0.25, 0.3) is 0 Å². The minimum absolute atomic E-state index is 0.0301. The van der Waals surface area contributed by atoms with Crippen LogP contribution in [0.3, 0.4) is 0 Å². The van der Waals surface area contributed by atoms with Crippen molar-refractivity contribution in [2.24, 2.45) is 11.8 Å². The molecule has 7 heteroatoms. The van der Waals surface area contributed by atoms with Crippen molar-refractivity contribution >= 4 is 11.6 Å². The number of carbonyl (C=O) groups excluding carboxylic acids is 1. The first-order valence-corrected chi connectivity index (χ1v) is 10.7. The SMILES string of the molecule is COc1ccc2c(c1)N(C(C)=O)[C@H]1[C@@H]3[C@H]4OC[C@H](O4)[C@]4(O)CN5CC[C@]21[C@@H]5C[C@H]34. The molecule has 8 atom stereocenters. The predicted molar refractivity (Wildman–Crippen MR) is 103 cm³/mol. The first kappa shape index (κ1) is 17.1. The van der Waals surface area contributed by atoms with E-state index in [1.165, 1.54) is 5.56 Å². The number of ether oxygens (including phenoxy) is 3. The molecular weight excluding hydrogens is 372 g/mol. The third-order valence-corrected chi connectivity index (χ3v) is 8.95. The van der Waals surface area contributed by atoms with E-state index in [0.29, 0.717) is 19.2 Å². The Kier molecular flexibility index (Phi) is 3.02. The van der Waals surface area contributed by atoms with Gasteiger partial charge in [-0.25, -0.2) is 0 Å². The van der Waals surface area contributed by atoms with Gasteiger partial charge in [0.05, 0.1) is 25.4 Å². The van der Waals surface area contributed by atoms with Crippen LogP contribution in [0, 0.1) is 11.8 Å². The van der Waals surface area contributed by atoms with Crippen LogP contribution in [0.2, 0.25) is 0 Å². The van der Waals surface area contributed by atoms with Gasteiger partial charge in [-0.1, -0.05) is 6.07 Å². The molecule has 6 aliphatic rings. The molecule has 5 fully saturated rings. The molecule has 1 aromatic carbocycles. The Morgan fingerprint density at radius 2 is 2.24 bits per heavy atom. The Morgan fingerprint density at radius 1 is 1.38 bits per heavy atom. The zero-order valence-corrected chi connectivity index (χ0v) is 16.7. The highest BCUT2D eigenvalue weighted by Crippen LogP contribution is 2.67.